The SMILES string of the molecule is O=C1OC[C]2C=CCCN21. The van der Waals surface area contributed by atoms with Gasteiger partial charge in [-0.15, -0.1) is 0 Å². The van der Waals surface area contributed by atoms with Gasteiger partial charge >= 0.3 is 6.09 Å². The lowest BCUT2D eigenvalue weighted by molar-refractivity contribution is 0.159. The van der Waals surface area contributed by atoms with E-state index in [1.54, 1.807) is 4.90 Å². The minimum atomic E-state index is -0.195. The molecular formula is C7H8NO2. The highest BCUT2D eigenvalue weighted by atomic mass is 16.6. The molecule has 0 aromatic rings. The number of hydrogen-bond acceptors (Lipinski definition) is 2. The third kappa shape index (κ3) is 0.701. The maximum atomic E-state index is 10.9. The lowest BCUT2D eigenvalue weighted by Gasteiger charge is -2.19. The summed E-state index contributed by atoms with van der Waals surface area (Å²) in [6.45, 7) is 1.24. The predicted molar refractivity (Wildman–Crippen MR) is 35.1 cm³/mol. The highest BCUT2D eigenvalue weighted by Crippen LogP contribution is 2.23. The molecule has 0 aromatic carbocycles. The predicted octanol–water partition coefficient (Wildman–Crippen LogP) is 0.930. The van der Waals surface area contributed by atoms with E-state index < -0.39 is 0 Å². The summed E-state index contributed by atoms with van der Waals surface area (Å²) < 4.78 is 4.80. The Morgan fingerprint density at radius 3 is 3.30 bits per heavy atom. The number of fused-ring (bicyclic) bond motifs is 1. The molecule has 10 heavy (non-hydrogen) atoms. The summed E-state index contributed by atoms with van der Waals surface area (Å²) in [5.74, 6) is 0. The van der Waals surface area contributed by atoms with Gasteiger partial charge in [-0.1, -0.05) is 12.2 Å². The van der Waals surface area contributed by atoms with Crippen molar-refractivity contribution >= 4 is 6.09 Å². The molecule has 0 spiro atoms. The molecule has 1 saturated heterocycles. The highest BCUT2D eigenvalue weighted by Gasteiger charge is 2.32. The van der Waals surface area contributed by atoms with Crippen LogP contribution in [0.2, 0.25) is 0 Å². The first kappa shape index (κ1) is 5.77. The van der Waals surface area contributed by atoms with Gasteiger partial charge in [0.1, 0.15) is 12.6 Å². The van der Waals surface area contributed by atoms with Gasteiger partial charge in [-0.2, -0.15) is 0 Å². The summed E-state index contributed by atoms with van der Waals surface area (Å²) in [6.07, 6.45) is 4.76. The number of nitrogens with zero attached hydrogens (tertiary/aromatic N) is 1. The molecule has 2 aliphatic heterocycles. The quantitative estimate of drug-likeness (QED) is 0.498. The number of cyclic esters (lactones) is 1. The average Bonchev–Trinajstić information content (AvgIpc) is 2.34. The molecule has 2 aliphatic rings. The molecule has 1 fully saturated rings. The first-order valence-electron chi connectivity index (χ1n) is 3.34. The second-order valence-electron chi connectivity index (χ2n) is 2.39. The first-order valence-corrected chi connectivity index (χ1v) is 3.34. The van der Waals surface area contributed by atoms with Gasteiger partial charge in [0.15, 0.2) is 0 Å². The van der Waals surface area contributed by atoms with Gasteiger partial charge in [0.25, 0.3) is 0 Å². The van der Waals surface area contributed by atoms with Crippen molar-refractivity contribution in [2.45, 2.75) is 6.42 Å². The Bertz CT molecular complexity index is 188. The van der Waals surface area contributed by atoms with Crippen molar-refractivity contribution < 1.29 is 9.53 Å². The molecule has 0 aromatic heterocycles. The van der Waals surface area contributed by atoms with Gasteiger partial charge in [-0.05, 0) is 6.42 Å². The van der Waals surface area contributed by atoms with Crippen LogP contribution in [0.4, 0.5) is 4.79 Å². The molecule has 1 radical (unpaired) electrons. The van der Waals surface area contributed by atoms with E-state index in [9.17, 15) is 4.79 Å². The van der Waals surface area contributed by atoms with Crippen LogP contribution in [0.25, 0.3) is 0 Å². The molecule has 3 heteroatoms. The van der Waals surface area contributed by atoms with Crippen molar-refractivity contribution in [3.63, 3.8) is 0 Å². The molecule has 0 aliphatic carbocycles. The summed E-state index contributed by atoms with van der Waals surface area (Å²) in [4.78, 5) is 12.5. The molecular weight excluding hydrogens is 130 g/mol. The molecule has 0 saturated carbocycles. The van der Waals surface area contributed by atoms with Crippen LogP contribution in [0.15, 0.2) is 12.2 Å². The second kappa shape index (κ2) is 2.01. The van der Waals surface area contributed by atoms with Crippen molar-refractivity contribution in [2.75, 3.05) is 13.2 Å². The standard InChI is InChI=1S/C7H8NO2/c9-7-8-4-2-1-3-6(8)5-10-7/h1,3H,2,4-5H2. The zero-order chi connectivity index (χ0) is 6.97. The number of carbonyl (C=O) groups is 1. The van der Waals surface area contributed by atoms with Crippen LogP contribution in [-0.4, -0.2) is 24.1 Å². The fourth-order valence-corrected chi connectivity index (χ4v) is 1.20. The monoisotopic (exact) mass is 138 g/mol. The van der Waals surface area contributed by atoms with Gasteiger partial charge in [0.05, 0.1) is 0 Å². The van der Waals surface area contributed by atoms with Crippen molar-refractivity contribution in [2.24, 2.45) is 0 Å². The Kier molecular flexibility index (Phi) is 1.16. The Balaban J connectivity index is 2.19. The Labute approximate surface area is 59.3 Å². The molecule has 2 heterocycles. The van der Waals surface area contributed by atoms with Crippen molar-refractivity contribution in [1.29, 1.82) is 0 Å². The Hall–Kier alpha value is -0.990. The van der Waals surface area contributed by atoms with E-state index in [1.807, 2.05) is 6.08 Å². The smallest absolute Gasteiger partial charge is 0.410 e. The zero-order valence-electron chi connectivity index (χ0n) is 5.54. The largest absolute Gasteiger partial charge is 0.446 e. The van der Waals surface area contributed by atoms with Gasteiger partial charge < -0.3 is 4.74 Å². The number of hydrogen-bond donors (Lipinski definition) is 0. The summed E-state index contributed by atoms with van der Waals surface area (Å²) in [5, 5.41) is 0. The summed E-state index contributed by atoms with van der Waals surface area (Å²) >= 11 is 0. The molecule has 0 atom stereocenters. The second-order valence-corrected chi connectivity index (χ2v) is 2.39. The minimum absolute atomic E-state index is 0.195. The van der Waals surface area contributed by atoms with Crippen LogP contribution in [0.1, 0.15) is 6.42 Å². The Morgan fingerprint density at radius 1 is 1.60 bits per heavy atom. The van der Waals surface area contributed by atoms with E-state index in [0.717, 1.165) is 19.0 Å². The van der Waals surface area contributed by atoms with E-state index in [-0.39, 0.29) is 6.09 Å². The Morgan fingerprint density at radius 2 is 2.50 bits per heavy atom. The van der Waals surface area contributed by atoms with Gasteiger partial charge in [-0.25, -0.2) is 4.79 Å². The third-order valence-corrected chi connectivity index (χ3v) is 1.74. The van der Waals surface area contributed by atoms with Crippen molar-refractivity contribution in [3.8, 4) is 0 Å². The normalized spacial score (nSPS) is 24.8. The molecule has 0 bridgehead atoms. The number of rotatable bonds is 0. The van der Waals surface area contributed by atoms with Crippen molar-refractivity contribution in [3.05, 3.63) is 18.2 Å². The molecule has 0 unspecified atom stereocenters. The molecule has 3 nitrogen and oxygen atoms in total. The van der Waals surface area contributed by atoms with Gasteiger partial charge in [0.2, 0.25) is 0 Å². The van der Waals surface area contributed by atoms with E-state index in [0.29, 0.717) is 6.61 Å². The maximum Gasteiger partial charge on any atom is 0.410 e. The van der Waals surface area contributed by atoms with Gasteiger partial charge in [-0.3, -0.25) is 4.90 Å². The van der Waals surface area contributed by atoms with Gasteiger partial charge in [0, 0.05) is 6.54 Å². The zero-order valence-corrected chi connectivity index (χ0v) is 5.54. The third-order valence-electron chi connectivity index (χ3n) is 1.74. The summed E-state index contributed by atoms with van der Waals surface area (Å²) in [6, 6.07) is 0.997. The first-order chi connectivity index (χ1) is 4.88. The summed E-state index contributed by atoms with van der Waals surface area (Å²) in [7, 11) is 0. The van der Waals surface area contributed by atoms with Crippen LogP contribution in [0.3, 0.4) is 0 Å². The number of carbonyl (C=O) groups excluding carboxylic acids is 1. The number of ether oxygens (including phenoxy) is 1. The van der Waals surface area contributed by atoms with E-state index in [4.69, 9.17) is 4.74 Å². The maximum absolute atomic E-state index is 10.9. The lowest BCUT2D eigenvalue weighted by atomic mass is 10.2. The van der Waals surface area contributed by atoms with Crippen LogP contribution < -0.4 is 0 Å². The minimum Gasteiger partial charge on any atom is -0.446 e. The topological polar surface area (TPSA) is 29.5 Å². The highest BCUT2D eigenvalue weighted by molar-refractivity contribution is 5.73. The van der Waals surface area contributed by atoms with Crippen LogP contribution in [0, 0.1) is 6.04 Å². The lowest BCUT2D eigenvalue weighted by Crippen LogP contribution is -2.29. The van der Waals surface area contributed by atoms with E-state index in [1.165, 1.54) is 0 Å². The van der Waals surface area contributed by atoms with Crippen LogP contribution in [0.5, 0.6) is 0 Å². The fourth-order valence-electron chi connectivity index (χ4n) is 1.20. The molecule has 0 N–H and O–H groups in total. The van der Waals surface area contributed by atoms with E-state index >= 15 is 0 Å². The average molecular weight is 138 g/mol. The molecule has 2 rings (SSSR count). The molecule has 1 amide bonds. The fraction of sp³-hybridized carbons (Fsp3) is 0.429. The number of amides is 1. The van der Waals surface area contributed by atoms with Crippen LogP contribution >= 0.6 is 0 Å². The van der Waals surface area contributed by atoms with Crippen LogP contribution in [-0.2, 0) is 4.74 Å². The summed E-state index contributed by atoms with van der Waals surface area (Å²) in [5.41, 5.74) is 0. The van der Waals surface area contributed by atoms with Crippen molar-refractivity contribution in [1.82, 2.24) is 4.90 Å². The van der Waals surface area contributed by atoms with E-state index in [2.05, 4.69) is 6.08 Å². The molecule has 53 valence electrons.